The van der Waals surface area contributed by atoms with E-state index < -0.39 is 0 Å². The summed E-state index contributed by atoms with van der Waals surface area (Å²) in [5, 5.41) is 14.7. The number of hydrogen-bond acceptors (Lipinski definition) is 10. The summed E-state index contributed by atoms with van der Waals surface area (Å²) in [5.41, 5.74) is 9.63. The molecule has 2 aliphatic heterocycles. The van der Waals surface area contributed by atoms with E-state index in [4.69, 9.17) is 30.3 Å². The molecule has 0 atom stereocenters. The Morgan fingerprint density at radius 1 is 0.936 bits per heavy atom. The predicted molar refractivity (Wildman–Crippen MR) is 181 cm³/mol. The Bertz CT molecular complexity index is 1650. The summed E-state index contributed by atoms with van der Waals surface area (Å²) in [4.78, 5) is 38.7. The summed E-state index contributed by atoms with van der Waals surface area (Å²) >= 11 is 0. The number of nitrogens with one attached hydrogen (secondary N) is 3. The highest BCUT2D eigenvalue weighted by Gasteiger charge is 2.28. The van der Waals surface area contributed by atoms with E-state index in [9.17, 15) is 9.59 Å². The number of rotatable bonds is 10. The molecule has 3 amide bonds. The molecule has 2 aliphatic rings. The maximum absolute atomic E-state index is 12.7. The molecular formula is C33H42N10O4. The van der Waals surface area contributed by atoms with Crippen LogP contribution in [-0.4, -0.2) is 103 Å². The van der Waals surface area contributed by atoms with Gasteiger partial charge in [-0.1, -0.05) is 12.1 Å². The monoisotopic (exact) mass is 642 g/mol. The number of anilines is 3. The highest BCUT2D eigenvalue weighted by molar-refractivity contribution is 6.00. The number of hydrogen-bond donors (Lipinski definition) is 4. The zero-order chi connectivity index (χ0) is 32.6. The number of carbonyl (C=O) groups excluding carboxylic acids is 2. The van der Waals surface area contributed by atoms with Gasteiger partial charge in [0.2, 0.25) is 0 Å². The van der Waals surface area contributed by atoms with Gasteiger partial charge in [-0.15, -0.1) is 0 Å². The number of piperidine rings is 1. The smallest absolute Gasteiger partial charge is 0.409 e. The molecule has 5 N–H and O–H groups in total. The molecule has 2 aromatic heterocycles. The molecule has 2 fully saturated rings. The number of fused-ring (bicyclic) bond motifs is 1. The van der Waals surface area contributed by atoms with Gasteiger partial charge in [-0.2, -0.15) is 5.10 Å². The van der Waals surface area contributed by atoms with E-state index in [0.717, 1.165) is 67.9 Å². The fraction of sp³-hybridized carbons (Fsp3) is 0.424. The van der Waals surface area contributed by atoms with Crippen LogP contribution in [0, 0.1) is 0 Å². The minimum Gasteiger partial charge on any atom is -0.453 e. The van der Waals surface area contributed by atoms with E-state index in [0.29, 0.717) is 50.0 Å². The van der Waals surface area contributed by atoms with E-state index in [-0.39, 0.29) is 18.2 Å². The summed E-state index contributed by atoms with van der Waals surface area (Å²) in [6, 6.07) is 15.1. The number of aromatic nitrogens is 4. The van der Waals surface area contributed by atoms with Gasteiger partial charge in [-0.3, -0.25) is 0 Å². The second-order valence-corrected chi connectivity index (χ2v) is 11.6. The summed E-state index contributed by atoms with van der Waals surface area (Å²) < 4.78 is 12.5. The first kappa shape index (κ1) is 32.2. The van der Waals surface area contributed by atoms with Crippen LogP contribution in [0.1, 0.15) is 24.4 Å². The van der Waals surface area contributed by atoms with Gasteiger partial charge >= 0.3 is 12.1 Å². The number of methoxy groups -OCH3 is 1. The van der Waals surface area contributed by atoms with Crippen LogP contribution in [0.2, 0.25) is 0 Å². The van der Waals surface area contributed by atoms with Crippen molar-refractivity contribution in [2.45, 2.75) is 25.3 Å². The summed E-state index contributed by atoms with van der Waals surface area (Å²) in [6.45, 7) is 6.15. The van der Waals surface area contributed by atoms with Crippen molar-refractivity contribution in [3.05, 3.63) is 60.3 Å². The summed E-state index contributed by atoms with van der Waals surface area (Å²) in [6.07, 6.45) is 3.92. The Morgan fingerprint density at radius 2 is 1.62 bits per heavy atom. The van der Waals surface area contributed by atoms with Gasteiger partial charge in [0.25, 0.3) is 0 Å². The van der Waals surface area contributed by atoms with Crippen molar-refractivity contribution in [3.8, 4) is 11.4 Å². The standard InChI is InChI=1S/C33H42N10O4/c1-46-33(45)42-16-11-27(12-17-42)43-31-28(22-36-43)30(41-18-20-47-21-19-41)39-29(40-31)24-4-8-26(9-5-24)38-32(44)37-25-6-2-23(3-7-25)10-14-35-15-13-34/h2-9,22,27,35H,10-21,34H2,1H3,(H2,37,38,44). The summed E-state index contributed by atoms with van der Waals surface area (Å²) in [5.74, 6) is 1.40. The number of benzene rings is 2. The number of carbonyl (C=O) groups is 2. The molecule has 2 aromatic carbocycles. The zero-order valence-electron chi connectivity index (χ0n) is 26.7. The largest absolute Gasteiger partial charge is 0.453 e. The second-order valence-electron chi connectivity index (χ2n) is 11.6. The molecule has 0 spiro atoms. The fourth-order valence-corrected chi connectivity index (χ4v) is 5.96. The molecule has 4 heterocycles. The number of ether oxygens (including phenoxy) is 2. The van der Waals surface area contributed by atoms with Crippen LogP contribution < -0.4 is 26.6 Å². The van der Waals surface area contributed by atoms with Gasteiger partial charge in [0.05, 0.1) is 37.9 Å². The molecule has 0 aliphatic carbocycles. The predicted octanol–water partition coefficient (Wildman–Crippen LogP) is 3.47. The van der Waals surface area contributed by atoms with Gasteiger partial charge in [0, 0.05) is 56.2 Å². The van der Waals surface area contributed by atoms with Crippen LogP contribution in [0.25, 0.3) is 22.4 Å². The third-order valence-corrected chi connectivity index (χ3v) is 8.51. The number of likely N-dealkylation sites (tertiary alicyclic amines) is 1. The van der Waals surface area contributed by atoms with Crippen molar-refractivity contribution in [2.75, 3.05) is 81.7 Å². The first-order valence-electron chi connectivity index (χ1n) is 16.1. The third-order valence-electron chi connectivity index (χ3n) is 8.51. The Balaban J connectivity index is 1.16. The average Bonchev–Trinajstić information content (AvgIpc) is 3.55. The number of nitrogens with zero attached hydrogens (tertiary/aromatic N) is 6. The molecule has 6 rings (SSSR count). The molecule has 14 heteroatoms. The van der Waals surface area contributed by atoms with E-state index >= 15 is 0 Å². The minimum atomic E-state index is -0.329. The van der Waals surface area contributed by atoms with Crippen LogP contribution in [-0.2, 0) is 15.9 Å². The van der Waals surface area contributed by atoms with Gasteiger partial charge in [0.1, 0.15) is 5.82 Å². The highest BCUT2D eigenvalue weighted by atomic mass is 16.5. The van der Waals surface area contributed by atoms with Crippen LogP contribution in [0.3, 0.4) is 0 Å². The quantitative estimate of drug-likeness (QED) is 0.188. The number of urea groups is 1. The van der Waals surface area contributed by atoms with Crippen molar-refractivity contribution in [1.82, 2.24) is 30.0 Å². The number of nitrogens with two attached hydrogens (primary N) is 1. The minimum absolute atomic E-state index is 0.0910. The molecule has 2 saturated heterocycles. The lowest BCUT2D eigenvalue weighted by Gasteiger charge is -2.31. The summed E-state index contributed by atoms with van der Waals surface area (Å²) in [7, 11) is 1.41. The highest BCUT2D eigenvalue weighted by Crippen LogP contribution is 2.32. The number of amides is 3. The SMILES string of the molecule is COC(=O)N1CCC(n2ncc3c(N4CCOCC4)nc(-c4ccc(NC(=O)Nc5ccc(CCNCCN)cc5)cc4)nc32)CC1. The van der Waals surface area contributed by atoms with Crippen molar-refractivity contribution in [2.24, 2.45) is 5.73 Å². The van der Waals surface area contributed by atoms with Crippen molar-refractivity contribution in [1.29, 1.82) is 0 Å². The molecular weight excluding hydrogens is 600 g/mol. The molecule has 47 heavy (non-hydrogen) atoms. The fourth-order valence-electron chi connectivity index (χ4n) is 5.96. The molecule has 4 aromatic rings. The molecule has 0 radical (unpaired) electrons. The average molecular weight is 643 g/mol. The molecule has 248 valence electrons. The molecule has 0 unspecified atom stereocenters. The lowest BCUT2D eigenvalue weighted by Crippen LogP contribution is -2.39. The van der Waals surface area contributed by atoms with Crippen LogP contribution in [0.4, 0.5) is 26.8 Å². The van der Waals surface area contributed by atoms with Crippen molar-refractivity contribution >= 4 is 40.4 Å². The maximum atomic E-state index is 12.7. The first-order valence-corrected chi connectivity index (χ1v) is 16.1. The van der Waals surface area contributed by atoms with Gasteiger partial charge in [-0.25, -0.2) is 24.2 Å². The van der Waals surface area contributed by atoms with E-state index in [1.165, 1.54) is 12.7 Å². The van der Waals surface area contributed by atoms with Gasteiger partial charge in [0.15, 0.2) is 11.5 Å². The topological polar surface area (TPSA) is 165 Å². The van der Waals surface area contributed by atoms with Crippen molar-refractivity contribution in [3.63, 3.8) is 0 Å². The Kier molecular flexibility index (Phi) is 10.4. The lowest BCUT2D eigenvalue weighted by atomic mass is 10.1. The van der Waals surface area contributed by atoms with Crippen LogP contribution in [0.5, 0.6) is 0 Å². The normalized spacial score (nSPS) is 15.5. The van der Waals surface area contributed by atoms with E-state index in [2.05, 4.69) is 20.9 Å². The second kappa shape index (κ2) is 15.2. The molecule has 14 nitrogen and oxygen atoms in total. The lowest BCUT2D eigenvalue weighted by molar-refractivity contribution is 0.106. The van der Waals surface area contributed by atoms with Crippen LogP contribution >= 0.6 is 0 Å². The van der Waals surface area contributed by atoms with E-state index in [1.54, 1.807) is 4.90 Å². The Morgan fingerprint density at radius 3 is 2.28 bits per heavy atom. The van der Waals surface area contributed by atoms with Gasteiger partial charge < -0.3 is 41.0 Å². The molecule has 0 saturated carbocycles. The number of morpholine rings is 1. The zero-order valence-corrected chi connectivity index (χ0v) is 26.7. The van der Waals surface area contributed by atoms with E-state index in [1.807, 2.05) is 59.4 Å². The Hall–Kier alpha value is -4.79. The molecule has 0 bridgehead atoms. The Labute approximate surface area is 273 Å². The van der Waals surface area contributed by atoms with Crippen LogP contribution in [0.15, 0.2) is 54.7 Å². The first-order chi connectivity index (χ1) is 23.0. The maximum Gasteiger partial charge on any atom is 0.409 e. The van der Waals surface area contributed by atoms with Gasteiger partial charge in [-0.05, 0) is 67.8 Å². The third kappa shape index (κ3) is 7.79. The van der Waals surface area contributed by atoms with Crippen molar-refractivity contribution < 1.29 is 19.1 Å².